The highest BCUT2D eigenvalue weighted by atomic mass is 16.5. The zero-order valence-electron chi connectivity index (χ0n) is 14.7. The Morgan fingerprint density at radius 2 is 1.72 bits per heavy atom. The van der Waals surface area contributed by atoms with Crippen LogP contribution in [-0.2, 0) is 9.59 Å². The van der Waals surface area contributed by atoms with Crippen LogP contribution in [0.5, 0.6) is 5.75 Å². The number of imide groups is 2. The molecule has 1 aliphatic heterocycles. The summed E-state index contributed by atoms with van der Waals surface area (Å²) in [5.41, 5.74) is 1.13. The highest BCUT2D eigenvalue weighted by molar-refractivity contribution is 6.44. The fourth-order valence-corrected chi connectivity index (χ4v) is 3.58. The van der Waals surface area contributed by atoms with Gasteiger partial charge in [-0.15, -0.1) is 0 Å². The number of nitrogens with zero attached hydrogens (tertiary/aromatic N) is 2. The smallest absolute Gasteiger partial charge is 0.334 e. The zero-order chi connectivity index (χ0) is 18.0. The van der Waals surface area contributed by atoms with Crippen molar-refractivity contribution in [3.8, 4) is 5.75 Å². The van der Waals surface area contributed by atoms with Gasteiger partial charge in [-0.3, -0.25) is 19.4 Å². The molecule has 1 aromatic carbocycles. The average molecular weight is 344 g/mol. The summed E-state index contributed by atoms with van der Waals surface area (Å²) in [4.78, 5) is 39.3. The molecule has 0 unspecified atom stereocenters. The molecule has 2 atom stereocenters. The van der Waals surface area contributed by atoms with Gasteiger partial charge in [-0.2, -0.15) is 0 Å². The number of benzene rings is 1. The largest absolute Gasteiger partial charge is 0.492 e. The quantitative estimate of drug-likeness (QED) is 0.608. The number of rotatable bonds is 5. The molecule has 6 nitrogen and oxygen atoms in total. The van der Waals surface area contributed by atoms with E-state index in [1.165, 1.54) is 4.90 Å². The Kier molecular flexibility index (Phi) is 5.06. The second-order valence-corrected chi connectivity index (χ2v) is 6.91. The molecule has 3 rings (SSSR count). The van der Waals surface area contributed by atoms with E-state index >= 15 is 0 Å². The topological polar surface area (TPSA) is 66.9 Å². The van der Waals surface area contributed by atoms with Crippen LogP contribution in [0.25, 0.3) is 0 Å². The average Bonchev–Trinajstić information content (AvgIpc) is 2.81. The minimum absolute atomic E-state index is 0.0783. The van der Waals surface area contributed by atoms with E-state index in [9.17, 15) is 14.4 Å². The predicted octanol–water partition coefficient (Wildman–Crippen LogP) is 2.74. The third-order valence-corrected chi connectivity index (χ3v) is 5.09. The van der Waals surface area contributed by atoms with Crippen molar-refractivity contribution in [2.45, 2.75) is 45.6 Å². The lowest BCUT2D eigenvalue weighted by Gasteiger charge is -2.34. The van der Waals surface area contributed by atoms with Crippen LogP contribution in [0.1, 0.15) is 38.2 Å². The number of amides is 4. The maximum atomic E-state index is 12.6. The summed E-state index contributed by atoms with van der Waals surface area (Å²) in [6.07, 6.45) is 3.85. The zero-order valence-corrected chi connectivity index (χ0v) is 14.7. The van der Waals surface area contributed by atoms with Gasteiger partial charge in [-0.05, 0) is 37.8 Å². The van der Waals surface area contributed by atoms with Gasteiger partial charge in [0, 0.05) is 6.04 Å². The van der Waals surface area contributed by atoms with Gasteiger partial charge >= 0.3 is 17.8 Å². The molecule has 4 amide bonds. The van der Waals surface area contributed by atoms with Crippen LogP contribution in [0, 0.1) is 12.8 Å². The SMILES string of the molecule is Cc1ccc(OCCN2C(=O)C(=O)N([C@H]3CCCC[C@@H]3C)C2=O)cc1. The van der Waals surface area contributed by atoms with Gasteiger partial charge in [0.05, 0.1) is 6.54 Å². The lowest BCUT2D eigenvalue weighted by molar-refractivity contribution is -0.144. The third-order valence-electron chi connectivity index (χ3n) is 5.09. The van der Waals surface area contributed by atoms with Crippen LogP contribution in [0.4, 0.5) is 4.79 Å². The summed E-state index contributed by atoms with van der Waals surface area (Å²) in [6, 6.07) is 6.87. The van der Waals surface area contributed by atoms with Gasteiger partial charge in [0.15, 0.2) is 0 Å². The number of aryl methyl sites for hydroxylation is 1. The van der Waals surface area contributed by atoms with E-state index in [1.807, 2.05) is 38.1 Å². The first kappa shape index (κ1) is 17.5. The van der Waals surface area contributed by atoms with Crippen LogP contribution in [-0.4, -0.2) is 46.8 Å². The maximum Gasteiger partial charge on any atom is 0.334 e. The Balaban J connectivity index is 1.62. The lowest BCUT2D eigenvalue weighted by atomic mass is 9.85. The highest BCUT2D eigenvalue weighted by Gasteiger charge is 2.48. The molecular weight excluding hydrogens is 320 g/mol. The molecule has 0 spiro atoms. The predicted molar refractivity (Wildman–Crippen MR) is 92.0 cm³/mol. The van der Waals surface area contributed by atoms with Crippen LogP contribution in [0.15, 0.2) is 24.3 Å². The van der Waals surface area contributed by atoms with Gasteiger partial charge in [-0.1, -0.05) is 37.5 Å². The Hall–Kier alpha value is -2.37. The van der Waals surface area contributed by atoms with E-state index in [0.717, 1.165) is 36.1 Å². The van der Waals surface area contributed by atoms with Gasteiger partial charge in [0.1, 0.15) is 12.4 Å². The Morgan fingerprint density at radius 3 is 2.40 bits per heavy atom. The van der Waals surface area contributed by atoms with Crippen LogP contribution in [0.2, 0.25) is 0 Å². The van der Waals surface area contributed by atoms with Crippen LogP contribution >= 0.6 is 0 Å². The van der Waals surface area contributed by atoms with Crippen molar-refractivity contribution in [2.24, 2.45) is 5.92 Å². The molecule has 134 valence electrons. The van der Waals surface area contributed by atoms with E-state index in [-0.39, 0.29) is 25.1 Å². The normalized spacial score (nSPS) is 24.2. The molecule has 6 heteroatoms. The lowest BCUT2D eigenvalue weighted by Crippen LogP contribution is -2.46. The van der Waals surface area contributed by atoms with Crippen LogP contribution in [0.3, 0.4) is 0 Å². The first-order chi connectivity index (χ1) is 12.0. The van der Waals surface area contributed by atoms with E-state index in [0.29, 0.717) is 5.75 Å². The van der Waals surface area contributed by atoms with E-state index in [4.69, 9.17) is 4.74 Å². The first-order valence-corrected chi connectivity index (χ1v) is 8.87. The number of carbonyl (C=O) groups is 3. The molecule has 2 fully saturated rings. The molecule has 1 aliphatic carbocycles. The van der Waals surface area contributed by atoms with Crippen molar-refractivity contribution in [2.75, 3.05) is 13.2 Å². The molecular formula is C19H24N2O4. The summed E-state index contributed by atoms with van der Waals surface area (Å²) in [7, 11) is 0. The summed E-state index contributed by atoms with van der Waals surface area (Å²) in [5.74, 6) is -0.527. The number of carbonyl (C=O) groups excluding carboxylic acids is 3. The number of urea groups is 1. The number of hydrogen-bond donors (Lipinski definition) is 0. The number of hydrogen-bond acceptors (Lipinski definition) is 4. The first-order valence-electron chi connectivity index (χ1n) is 8.87. The van der Waals surface area contributed by atoms with Gasteiger partial charge < -0.3 is 4.74 Å². The number of ether oxygens (including phenoxy) is 1. The molecule has 0 radical (unpaired) electrons. The molecule has 0 aromatic heterocycles. The third kappa shape index (κ3) is 3.52. The highest BCUT2D eigenvalue weighted by Crippen LogP contribution is 2.31. The standard InChI is InChI=1S/C19H24N2O4/c1-13-7-9-15(10-8-13)25-12-11-20-17(22)18(23)21(19(20)24)16-6-4-3-5-14(16)2/h7-10,14,16H,3-6,11-12H2,1-2H3/t14-,16-/m0/s1. The summed E-state index contributed by atoms with van der Waals surface area (Å²) < 4.78 is 5.58. The van der Waals surface area contributed by atoms with Crippen molar-refractivity contribution in [3.05, 3.63) is 29.8 Å². The molecule has 1 heterocycles. The van der Waals surface area contributed by atoms with Gasteiger partial charge in [0.25, 0.3) is 0 Å². The minimum Gasteiger partial charge on any atom is -0.492 e. The van der Waals surface area contributed by atoms with Crippen molar-refractivity contribution in [3.63, 3.8) is 0 Å². The Labute approximate surface area is 147 Å². The van der Waals surface area contributed by atoms with Crippen molar-refractivity contribution in [1.82, 2.24) is 9.80 Å². The Morgan fingerprint density at radius 1 is 1.04 bits per heavy atom. The van der Waals surface area contributed by atoms with Crippen molar-refractivity contribution < 1.29 is 19.1 Å². The molecule has 1 aromatic rings. The van der Waals surface area contributed by atoms with Crippen LogP contribution < -0.4 is 4.74 Å². The fourth-order valence-electron chi connectivity index (χ4n) is 3.58. The molecule has 1 saturated carbocycles. The Bertz CT molecular complexity index is 671. The summed E-state index contributed by atoms with van der Waals surface area (Å²) >= 11 is 0. The molecule has 0 bridgehead atoms. The molecule has 2 aliphatic rings. The monoisotopic (exact) mass is 344 g/mol. The summed E-state index contributed by atoms with van der Waals surface area (Å²) in [6.45, 7) is 4.27. The minimum atomic E-state index is -0.740. The molecule has 1 saturated heterocycles. The summed E-state index contributed by atoms with van der Waals surface area (Å²) in [5, 5.41) is 0. The van der Waals surface area contributed by atoms with Crippen molar-refractivity contribution >= 4 is 17.8 Å². The van der Waals surface area contributed by atoms with Gasteiger partial charge in [-0.25, -0.2) is 4.79 Å². The van der Waals surface area contributed by atoms with Crippen molar-refractivity contribution in [1.29, 1.82) is 0 Å². The molecule has 0 N–H and O–H groups in total. The second-order valence-electron chi connectivity index (χ2n) is 6.91. The molecule has 25 heavy (non-hydrogen) atoms. The fraction of sp³-hybridized carbons (Fsp3) is 0.526. The second kappa shape index (κ2) is 7.25. The van der Waals surface area contributed by atoms with E-state index in [2.05, 4.69) is 0 Å². The maximum absolute atomic E-state index is 12.6. The van der Waals surface area contributed by atoms with E-state index in [1.54, 1.807) is 0 Å². The van der Waals surface area contributed by atoms with Gasteiger partial charge in [0.2, 0.25) is 0 Å². The van der Waals surface area contributed by atoms with E-state index < -0.39 is 17.8 Å².